The highest BCUT2D eigenvalue weighted by atomic mass is 32.2. The number of nitrogens with one attached hydrogen (secondary N) is 4. The Labute approximate surface area is 383 Å². The zero-order chi connectivity index (χ0) is 42.9. The highest BCUT2D eigenvalue weighted by molar-refractivity contribution is 7.99. The molecule has 0 saturated heterocycles. The molecule has 10 nitrogen and oxygen atoms in total. The van der Waals surface area contributed by atoms with Gasteiger partial charge in [0.1, 0.15) is 0 Å². The van der Waals surface area contributed by atoms with Gasteiger partial charge in [0.05, 0.1) is 11.8 Å². The second-order valence-electron chi connectivity index (χ2n) is 16.1. The summed E-state index contributed by atoms with van der Waals surface area (Å²) in [6, 6.07) is 8.37. The zero-order valence-corrected chi connectivity index (χ0v) is 41.1. The maximum Gasteiger partial charge on any atom is 0.207 e. The smallest absolute Gasteiger partial charge is 0.207 e. The largest absolute Gasteiger partial charge is 0.376 e. The topological polar surface area (TPSA) is 114 Å². The van der Waals surface area contributed by atoms with Gasteiger partial charge in [0.2, 0.25) is 21.4 Å². The molecule has 0 radical (unpaired) electrons. The van der Waals surface area contributed by atoms with Gasteiger partial charge in [-0.25, -0.2) is 0 Å². The van der Waals surface area contributed by atoms with E-state index in [9.17, 15) is 0 Å². The van der Waals surface area contributed by atoms with Crippen LogP contribution in [0.25, 0.3) is 0 Å². The van der Waals surface area contributed by atoms with Gasteiger partial charge in [0, 0.05) is 37.6 Å². The summed E-state index contributed by atoms with van der Waals surface area (Å²) in [7, 11) is 0. The Morgan fingerprint density at radius 3 is 1.02 bits per heavy atom. The fourth-order valence-electron chi connectivity index (χ4n) is 7.19. The number of aromatic nitrogens is 6. The fraction of sp³-hybridized carbons (Fsp3) is 0.739. The summed E-state index contributed by atoms with van der Waals surface area (Å²) in [5, 5.41) is 8.44. The number of unbranched alkanes of at least 4 members (excludes halogenated alkanes) is 20. The lowest BCUT2D eigenvalue weighted by Gasteiger charge is -2.23. The van der Waals surface area contributed by atoms with E-state index in [-0.39, 0.29) is 0 Å². The Morgan fingerprint density at radius 1 is 0.433 bits per heavy atom. The van der Waals surface area contributed by atoms with Gasteiger partial charge in [-0.15, -0.1) is 0 Å². The lowest BCUT2D eigenvalue weighted by molar-refractivity contribution is 0.568. The molecule has 0 saturated carbocycles. The van der Waals surface area contributed by atoms with E-state index in [4.69, 9.17) is 34.4 Å². The minimum absolute atomic E-state index is 0.490. The van der Waals surface area contributed by atoms with Crippen molar-refractivity contribution in [2.45, 2.75) is 192 Å². The highest BCUT2D eigenvalue weighted by Crippen LogP contribution is 2.22. The lowest BCUT2D eigenvalue weighted by atomic mass is 10.1. The van der Waals surface area contributed by atoms with Crippen molar-refractivity contribution in [1.82, 2.24) is 29.9 Å². The monoisotopic (exact) mass is 901 g/mol. The molecule has 3 aromatic rings. The third-order valence-electron chi connectivity index (χ3n) is 10.8. The standard InChI is InChI=1S/C46H80N10S4/c1-5-9-13-17-21-25-33-55(34-26-22-18-14-10-6-2)41-49-43(57)53-45(51-41)59-37-47-39-29-31-40(32-30-39)48-38-60-46-52-42(50-44(58)54-46)56(35-27-23-19-15-11-7-3)36-28-24-20-16-12-8-4/h29-32,47-48H,5-28,33-38H2,1-4H3,(H,49,51,53,57)(H,50,52,54,58). The Kier molecular flexibility index (Phi) is 29.5. The fourth-order valence-corrected chi connectivity index (χ4v) is 9.01. The number of rotatable bonds is 38. The molecule has 60 heavy (non-hydrogen) atoms. The normalized spacial score (nSPS) is 11.3. The molecular formula is C46H80N10S4. The van der Waals surface area contributed by atoms with Crippen molar-refractivity contribution < 1.29 is 0 Å². The summed E-state index contributed by atoms with van der Waals surface area (Å²) in [6.07, 6.45) is 30.7. The molecule has 14 heteroatoms. The summed E-state index contributed by atoms with van der Waals surface area (Å²) >= 11 is 14.3. The van der Waals surface area contributed by atoms with Crippen LogP contribution in [0.15, 0.2) is 34.6 Å². The minimum atomic E-state index is 0.490. The van der Waals surface area contributed by atoms with Crippen molar-refractivity contribution in [3.8, 4) is 0 Å². The van der Waals surface area contributed by atoms with Gasteiger partial charge in [0.15, 0.2) is 10.3 Å². The van der Waals surface area contributed by atoms with Crippen LogP contribution in [0, 0.1) is 9.54 Å². The van der Waals surface area contributed by atoms with Crippen LogP contribution in [0.4, 0.5) is 23.3 Å². The van der Waals surface area contributed by atoms with E-state index in [2.05, 4.69) is 92.3 Å². The Morgan fingerprint density at radius 2 is 0.717 bits per heavy atom. The van der Waals surface area contributed by atoms with Crippen LogP contribution in [-0.4, -0.2) is 67.8 Å². The van der Waals surface area contributed by atoms with Crippen molar-refractivity contribution >= 4 is 71.2 Å². The number of hydrogen-bond acceptors (Lipinski definition) is 12. The number of hydrogen-bond donors (Lipinski definition) is 4. The molecule has 0 aliphatic heterocycles. The summed E-state index contributed by atoms with van der Waals surface area (Å²) in [5.74, 6) is 2.98. The number of anilines is 4. The molecule has 0 amide bonds. The van der Waals surface area contributed by atoms with Gasteiger partial charge >= 0.3 is 0 Å². The van der Waals surface area contributed by atoms with Crippen LogP contribution < -0.4 is 20.4 Å². The summed E-state index contributed by atoms with van der Waals surface area (Å²) in [4.78, 5) is 30.4. The van der Waals surface area contributed by atoms with Crippen molar-refractivity contribution in [3.63, 3.8) is 0 Å². The van der Waals surface area contributed by atoms with Crippen molar-refractivity contribution in [3.05, 3.63) is 33.8 Å². The molecule has 0 fully saturated rings. The maximum atomic E-state index is 5.59. The average molecular weight is 901 g/mol. The first-order valence-corrected chi connectivity index (χ1v) is 26.5. The molecule has 0 bridgehead atoms. The predicted molar refractivity (Wildman–Crippen MR) is 267 cm³/mol. The molecule has 0 unspecified atom stereocenters. The third kappa shape index (κ3) is 23.7. The Bertz CT molecular complexity index is 1470. The van der Waals surface area contributed by atoms with Crippen LogP contribution in [0.1, 0.15) is 182 Å². The highest BCUT2D eigenvalue weighted by Gasteiger charge is 2.13. The molecule has 0 aliphatic carbocycles. The molecule has 2 heterocycles. The van der Waals surface area contributed by atoms with E-state index in [1.54, 1.807) is 23.5 Å². The van der Waals surface area contributed by atoms with E-state index in [1.165, 1.54) is 154 Å². The van der Waals surface area contributed by atoms with Gasteiger partial charge in [0.25, 0.3) is 0 Å². The van der Waals surface area contributed by atoms with Gasteiger partial charge in [-0.1, -0.05) is 180 Å². The Hall–Kier alpha value is -2.42. The molecule has 3 rings (SSSR count). The van der Waals surface area contributed by atoms with Crippen molar-refractivity contribution in [2.75, 3.05) is 58.4 Å². The first-order chi connectivity index (χ1) is 29.4. The molecular weight excluding hydrogens is 821 g/mol. The van der Waals surface area contributed by atoms with Crippen LogP contribution in [0.3, 0.4) is 0 Å². The lowest BCUT2D eigenvalue weighted by Crippen LogP contribution is -2.28. The second-order valence-corrected chi connectivity index (χ2v) is 18.7. The first-order valence-electron chi connectivity index (χ1n) is 23.8. The summed E-state index contributed by atoms with van der Waals surface area (Å²) in [6.45, 7) is 13.1. The molecule has 0 spiro atoms. The van der Waals surface area contributed by atoms with E-state index < -0.39 is 0 Å². The SMILES string of the molecule is CCCCCCCCN(CCCCCCCC)c1nc(SCNc2ccc(NCSc3nc(N(CCCCCCCC)CCCCCCCC)[nH]c(=S)n3)cc2)nc(=S)[nH]1. The van der Waals surface area contributed by atoms with Crippen LogP contribution in [-0.2, 0) is 0 Å². The van der Waals surface area contributed by atoms with Crippen LogP contribution in [0.2, 0.25) is 0 Å². The van der Waals surface area contributed by atoms with Gasteiger partial charge in [-0.3, -0.25) is 0 Å². The molecule has 338 valence electrons. The van der Waals surface area contributed by atoms with Crippen molar-refractivity contribution in [2.24, 2.45) is 0 Å². The summed E-state index contributed by atoms with van der Waals surface area (Å²) < 4.78 is 0.981. The first kappa shape index (κ1) is 51.9. The van der Waals surface area contributed by atoms with E-state index in [0.29, 0.717) is 31.6 Å². The van der Waals surface area contributed by atoms with E-state index >= 15 is 0 Å². The van der Waals surface area contributed by atoms with Crippen molar-refractivity contribution in [1.29, 1.82) is 0 Å². The number of aromatic amines is 2. The predicted octanol–water partition coefficient (Wildman–Crippen LogP) is 14.8. The van der Waals surface area contributed by atoms with Crippen LogP contribution >= 0.6 is 48.0 Å². The maximum absolute atomic E-state index is 5.59. The quantitative estimate of drug-likeness (QED) is 0.0190. The number of H-pyrrole nitrogens is 2. The minimum Gasteiger partial charge on any atom is -0.376 e. The van der Waals surface area contributed by atoms with E-state index in [1.807, 2.05) is 0 Å². The number of benzene rings is 1. The second kappa shape index (κ2) is 34.1. The molecule has 0 atom stereocenters. The van der Waals surface area contributed by atoms with E-state index in [0.717, 1.165) is 49.5 Å². The Balaban J connectivity index is 1.50. The molecule has 4 N–H and O–H groups in total. The van der Waals surface area contributed by atoms with Crippen LogP contribution in [0.5, 0.6) is 0 Å². The molecule has 1 aromatic carbocycles. The summed E-state index contributed by atoms with van der Waals surface area (Å²) in [5.41, 5.74) is 2.07. The number of thioether (sulfide) groups is 2. The molecule has 0 aliphatic rings. The third-order valence-corrected chi connectivity index (χ3v) is 12.6. The average Bonchev–Trinajstić information content (AvgIpc) is 3.24. The zero-order valence-electron chi connectivity index (χ0n) is 37.8. The van der Waals surface area contributed by atoms with Gasteiger partial charge in [-0.2, -0.15) is 19.9 Å². The molecule has 2 aromatic heterocycles. The van der Waals surface area contributed by atoms with Gasteiger partial charge < -0.3 is 30.4 Å². The van der Waals surface area contributed by atoms with Gasteiger partial charge in [-0.05, 0) is 74.4 Å². The number of nitrogens with zero attached hydrogens (tertiary/aromatic N) is 6.